The van der Waals surface area contributed by atoms with Gasteiger partial charge in [-0.05, 0) is 48.7 Å². The van der Waals surface area contributed by atoms with Crippen LogP contribution in [0.25, 0.3) is 0 Å². The maximum Gasteiger partial charge on any atom is 0.249 e. The maximum absolute atomic E-state index is 11.1. The van der Waals surface area contributed by atoms with Crippen LogP contribution in [-0.2, 0) is 11.2 Å². The van der Waals surface area contributed by atoms with Crippen molar-refractivity contribution in [2.75, 3.05) is 22.1 Å². The summed E-state index contributed by atoms with van der Waals surface area (Å²) in [6, 6.07) is 15.7. The van der Waals surface area contributed by atoms with Crippen molar-refractivity contribution in [1.82, 2.24) is 15.2 Å². The van der Waals surface area contributed by atoms with Gasteiger partial charge in [-0.25, -0.2) is 0 Å². The molecule has 7 heteroatoms. The van der Waals surface area contributed by atoms with Gasteiger partial charge in [0.1, 0.15) is 0 Å². The summed E-state index contributed by atoms with van der Waals surface area (Å²) < 4.78 is 0. The Morgan fingerprint density at radius 2 is 1.85 bits per heavy atom. The third kappa shape index (κ3) is 3.87. The van der Waals surface area contributed by atoms with Crippen molar-refractivity contribution in [1.29, 1.82) is 0 Å². The first-order valence-electron chi connectivity index (χ1n) is 8.89. The molecule has 2 N–H and O–H groups in total. The average molecular weight is 360 g/mol. The Balaban J connectivity index is 1.54. The summed E-state index contributed by atoms with van der Waals surface area (Å²) in [5.74, 6) is 1.11. The molecule has 0 radical (unpaired) electrons. The zero-order valence-corrected chi connectivity index (χ0v) is 15.0. The van der Waals surface area contributed by atoms with Gasteiger partial charge in [0.15, 0.2) is 5.82 Å². The van der Waals surface area contributed by atoms with Crippen LogP contribution in [0.1, 0.15) is 18.9 Å². The fourth-order valence-corrected chi connectivity index (χ4v) is 3.22. The van der Waals surface area contributed by atoms with Gasteiger partial charge in [0.2, 0.25) is 11.9 Å². The van der Waals surface area contributed by atoms with E-state index in [4.69, 9.17) is 0 Å². The number of hydrogen-bond donors (Lipinski definition) is 2. The molecule has 0 unspecified atom stereocenters. The molecule has 0 saturated carbocycles. The molecule has 1 aliphatic rings. The largest absolute Gasteiger partial charge is 0.326 e. The molecular formula is C20H20N6O. The van der Waals surface area contributed by atoms with Gasteiger partial charge in [-0.2, -0.15) is 10.1 Å². The molecule has 7 nitrogen and oxygen atoms in total. The monoisotopic (exact) mass is 360 g/mol. The second-order valence-electron chi connectivity index (χ2n) is 6.41. The number of aromatic nitrogens is 3. The molecule has 0 saturated heterocycles. The smallest absolute Gasteiger partial charge is 0.249 e. The van der Waals surface area contributed by atoms with Crippen molar-refractivity contribution in [2.24, 2.45) is 0 Å². The Bertz CT molecular complexity index is 957. The van der Waals surface area contributed by atoms with Crippen LogP contribution in [0.3, 0.4) is 0 Å². The standard InChI is InChI=1S/C20H20N6O/c1-14(27)22-16-8-10-17(11-9-16)23-20-24-19(13-21-25-20)26-12-4-6-15-5-2-3-7-18(15)26/h2-3,5,7-11,13H,4,6,12H2,1H3,(H,22,27)(H,23,24,25). The van der Waals surface area contributed by atoms with E-state index in [0.717, 1.165) is 36.6 Å². The van der Waals surface area contributed by atoms with Crippen LogP contribution in [0.2, 0.25) is 0 Å². The normalized spacial score (nSPS) is 13.0. The topological polar surface area (TPSA) is 83.0 Å². The van der Waals surface area contributed by atoms with Gasteiger partial charge < -0.3 is 15.5 Å². The van der Waals surface area contributed by atoms with Gasteiger partial charge in [0, 0.05) is 30.5 Å². The lowest BCUT2D eigenvalue weighted by Crippen LogP contribution is -2.25. The zero-order chi connectivity index (χ0) is 18.6. The number of anilines is 5. The molecule has 1 aromatic heterocycles. The highest BCUT2D eigenvalue weighted by molar-refractivity contribution is 5.88. The van der Waals surface area contributed by atoms with Crippen LogP contribution in [-0.4, -0.2) is 27.6 Å². The van der Waals surface area contributed by atoms with Crippen LogP contribution in [0.5, 0.6) is 0 Å². The van der Waals surface area contributed by atoms with E-state index in [9.17, 15) is 4.79 Å². The van der Waals surface area contributed by atoms with E-state index in [-0.39, 0.29) is 5.91 Å². The molecule has 0 bridgehead atoms. The summed E-state index contributed by atoms with van der Waals surface area (Å²) in [5, 5.41) is 14.1. The second kappa shape index (κ2) is 7.41. The molecule has 2 aromatic carbocycles. The van der Waals surface area contributed by atoms with Gasteiger partial charge in [0.05, 0.1) is 6.20 Å². The van der Waals surface area contributed by atoms with Crippen molar-refractivity contribution in [3.05, 3.63) is 60.3 Å². The number of carbonyl (C=O) groups is 1. The molecule has 136 valence electrons. The third-order valence-electron chi connectivity index (χ3n) is 4.39. The molecular weight excluding hydrogens is 340 g/mol. The zero-order valence-electron chi connectivity index (χ0n) is 15.0. The number of nitrogens with one attached hydrogen (secondary N) is 2. The average Bonchev–Trinajstić information content (AvgIpc) is 2.69. The van der Waals surface area contributed by atoms with Crippen LogP contribution in [0.4, 0.5) is 28.8 Å². The fraction of sp³-hybridized carbons (Fsp3) is 0.200. The first kappa shape index (κ1) is 17.0. The minimum atomic E-state index is -0.0993. The number of amides is 1. The number of para-hydroxylation sites is 1. The maximum atomic E-state index is 11.1. The summed E-state index contributed by atoms with van der Waals surface area (Å²) in [5.41, 5.74) is 4.06. The number of fused-ring (bicyclic) bond motifs is 1. The molecule has 4 rings (SSSR count). The highest BCUT2D eigenvalue weighted by Crippen LogP contribution is 2.32. The van der Waals surface area contributed by atoms with E-state index in [0.29, 0.717) is 5.95 Å². The summed E-state index contributed by atoms with van der Waals surface area (Å²) in [7, 11) is 0. The molecule has 2 heterocycles. The van der Waals surface area contributed by atoms with Crippen molar-refractivity contribution in [2.45, 2.75) is 19.8 Å². The lowest BCUT2D eigenvalue weighted by atomic mass is 10.0. The Morgan fingerprint density at radius 3 is 2.67 bits per heavy atom. The number of rotatable bonds is 4. The minimum Gasteiger partial charge on any atom is -0.326 e. The highest BCUT2D eigenvalue weighted by atomic mass is 16.1. The first-order valence-corrected chi connectivity index (χ1v) is 8.89. The first-order chi connectivity index (χ1) is 13.2. The Hall–Kier alpha value is -3.48. The van der Waals surface area contributed by atoms with Crippen molar-refractivity contribution in [3.63, 3.8) is 0 Å². The lowest BCUT2D eigenvalue weighted by molar-refractivity contribution is -0.114. The highest BCUT2D eigenvalue weighted by Gasteiger charge is 2.19. The predicted octanol–water partition coefficient (Wildman–Crippen LogP) is 3.66. The molecule has 0 spiro atoms. The molecule has 0 fully saturated rings. The molecule has 0 aliphatic carbocycles. The Kier molecular flexibility index (Phi) is 4.65. The number of aryl methyl sites for hydroxylation is 1. The fourth-order valence-electron chi connectivity index (χ4n) is 3.22. The van der Waals surface area contributed by atoms with Crippen LogP contribution in [0, 0.1) is 0 Å². The van der Waals surface area contributed by atoms with Crippen molar-refractivity contribution in [3.8, 4) is 0 Å². The van der Waals surface area contributed by atoms with Crippen LogP contribution < -0.4 is 15.5 Å². The van der Waals surface area contributed by atoms with Gasteiger partial charge in [-0.1, -0.05) is 18.2 Å². The predicted molar refractivity (Wildman–Crippen MR) is 106 cm³/mol. The summed E-state index contributed by atoms with van der Waals surface area (Å²) in [6.07, 6.45) is 3.85. The molecule has 0 atom stereocenters. The summed E-state index contributed by atoms with van der Waals surface area (Å²) in [6.45, 7) is 2.39. The molecule has 1 amide bonds. The number of nitrogens with zero attached hydrogens (tertiary/aromatic N) is 4. The Morgan fingerprint density at radius 1 is 1.07 bits per heavy atom. The van der Waals surface area contributed by atoms with Gasteiger partial charge in [-0.3, -0.25) is 4.79 Å². The van der Waals surface area contributed by atoms with E-state index >= 15 is 0 Å². The van der Waals surface area contributed by atoms with Gasteiger partial charge in [0.25, 0.3) is 0 Å². The van der Waals surface area contributed by atoms with E-state index in [1.54, 1.807) is 6.20 Å². The SMILES string of the molecule is CC(=O)Nc1ccc(Nc2nncc(N3CCCc4ccccc43)n2)cc1. The van der Waals surface area contributed by atoms with Gasteiger partial charge in [-0.15, -0.1) is 5.10 Å². The van der Waals surface area contributed by atoms with E-state index in [1.807, 2.05) is 30.3 Å². The second-order valence-corrected chi connectivity index (χ2v) is 6.41. The third-order valence-corrected chi connectivity index (χ3v) is 4.39. The van der Waals surface area contributed by atoms with Crippen LogP contribution in [0.15, 0.2) is 54.7 Å². The quantitative estimate of drug-likeness (QED) is 0.739. The van der Waals surface area contributed by atoms with E-state index in [1.165, 1.54) is 18.2 Å². The number of benzene rings is 2. The Labute approximate surface area is 157 Å². The summed E-state index contributed by atoms with van der Waals surface area (Å²) >= 11 is 0. The lowest BCUT2D eigenvalue weighted by Gasteiger charge is -2.30. The van der Waals surface area contributed by atoms with Gasteiger partial charge >= 0.3 is 0 Å². The number of carbonyl (C=O) groups excluding carboxylic acids is 1. The van der Waals surface area contributed by atoms with Crippen molar-refractivity contribution < 1.29 is 4.79 Å². The van der Waals surface area contributed by atoms with Crippen LogP contribution >= 0.6 is 0 Å². The molecule has 3 aromatic rings. The minimum absolute atomic E-state index is 0.0993. The van der Waals surface area contributed by atoms with E-state index < -0.39 is 0 Å². The van der Waals surface area contributed by atoms with Crippen molar-refractivity contribution >= 4 is 34.7 Å². The molecule has 1 aliphatic heterocycles. The molecule has 27 heavy (non-hydrogen) atoms. The van der Waals surface area contributed by atoms with E-state index in [2.05, 4.69) is 48.9 Å². The summed E-state index contributed by atoms with van der Waals surface area (Å²) in [4.78, 5) is 17.9. The number of hydrogen-bond acceptors (Lipinski definition) is 6.